The molecule has 2 aromatic carbocycles. The molecule has 0 bridgehead atoms. The van der Waals surface area contributed by atoms with Gasteiger partial charge in [0.25, 0.3) is 0 Å². The molecule has 104 valence electrons. The van der Waals surface area contributed by atoms with Crippen molar-refractivity contribution >= 4 is 33.8 Å². The number of carbonyl (C=O) groups is 1. The Labute approximate surface area is 130 Å². The van der Waals surface area contributed by atoms with Crippen LogP contribution >= 0.6 is 27.5 Å². The number of ether oxygens (including phenoxy) is 2. The zero-order valence-corrected chi connectivity index (χ0v) is 12.9. The Kier molecular flexibility index (Phi) is 5.44. The summed E-state index contributed by atoms with van der Waals surface area (Å²) in [6.07, 6.45) is 0.764. The van der Waals surface area contributed by atoms with Crippen LogP contribution in [0.3, 0.4) is 0 Å². The van der Waals surface area contributed by atoms with Crippen LogP contribution in [0.2, 0.25) is 5.02 Å². The van der Waals surface area contributed by atoms with E-state index in [4.69, 9.17) is 21.1 Å². The normalized spacial score (nSPS) is 10.1. The Morgan fingerprint density at radius 3 is 2.45 bits per heavy atom. The smallest absolute Gasteiger partial charge is 0.153 e. The van der Waals surface area contributed by atoms with Crippen LogP contribution in [-0.2, 0) is 0 Å². The highest BCUT2D eigenvalue weighted by molar-refractivity contribution is 9.10. The molecule has 2 aromatic rings. The summed E-state index contributed by atoms with van der Waals surface area (Å²) in [7, 11) is 0. The third kappa shape index (κ3) is 4.25. The molecule has 0 aliphatic rings. The summed E-state index contributed by atoms with van der Waals surface area (Å²) in [4.78, 5) is 10.9. The van der Waals surface area contributed by atoms with Gasteiger partial charge in [0.1, 0.15) is 24.7 Å². The SMILES string of the molecule is O=Cc1cc(Br)ccc1OCCOc1ccc(Cl)cc1. The van der Waals surface area contributed by atoms with Gasteiger partial charge in [-0.1, -0.05) is 27.5 Å². The van der Waals surface area contributed by atoms with Gasteiger partial charge in [-0.25, -0.2) is 0 Å². The Morgan fingerprint density at radius 2 is 1.75 bits per heavy atom. The fraction of sp³-hybridized carbons (Fsp3) is 0.133. The van der Waals surface area contributed by atoms with Crippen molar-refractivity contribution in [2.75, 3.05) is 13.2 Å². The van der Waals surface area contributed by atoms with Crippen molar-refractivity contribution in [2.24, 2.45) is 0 Å². The fourth-order valence-electron chi connectivity index (χ4n) is 1.58. The van der Waals surface area contributed by atoms with E-state index in [0.717, 1.165) is 16.5 Å². The lowest BCUT2D eigenvalue weighted by molar-refractivity contribution is 0.111. The lowest BCUT2D eigenvalue weighted by Crippen LogP contribution is -2.09. The standard InChI is InChI=1S/C15H12BrClO3/c16-12-1-6-15(11(9-12)10-18)20-8-7-19-14-4-2-13(17)3-5-14/h1-6,9-10H,7-8H2. The molecule has 0 spiro atoms. The van der Waals surface area contributed by atoms with Gasteiger partial charge in [-0.15, -0.1) is 0 Å². The van der Waals surface area contributed by atoms with Crippen LogP contribution in [-0.4, -0.2) is 19.5 Å². The largest absolute Gasteiger partial charge is 0.490 e. The molecule has 0 aliphatic heterocycles. The molecule has 0 heterocycles. The Morgan fingerprint density at radius 1 is 1.05 bits per heavy atom. The molecule has 0 N–H and O–H groups in total. The van der Waals surface area contributed by atoms with Crippen molar-refractivity contribution in [3.8, 4) is 11.5 Å². The van der Waals surface area contributed by atoms with Gasteiger partial charge in [-0.3, -0.25) is 4.79 Å². The first-order valence-corrected chi connectivity index (χ1v) is 7.12. The van der Waals surface area contributed by atoms with Gasteiger partial charge in [0.2, 0.25) is 0 Å². The lowest BCUT2D eigenvalue weighted by atomic mass is 10.2. The molecular weight excluding hydrogens is 344 g/mol. The maximum Gasteiger partial charge on any atom is 0.153 e. The minimum atomic E-state index is 0.352. The second kappa shape index (κ2) is 7.31. The Balaban J connectivity index is 1.84. The molecule has 0 saturated heterocycles. The van der Waals surface area contributed by atoms with E-state index in [1.807, 2.05) is 6.07 Å². The number of aldehydes is 1. The van der Waals surface area contributed by atoms with Crippen LogP contribution in [0.5, 0.6) is 11.5 Å². The number of benzene rings is 2. The van der Waals surface area contributed by atoms with Crippen LogP contribution in [0, 0.1) is 0 Å². The van der Waals surface area contributed by atoms with Crippen molar-refractivity contribution in [1.82, 2.24) is 0 Å². The summed E-state index contributed by atoms with van der Waals surface area (Å²) in [6.45, 7) is 0.737. The summed E-state index contributed by atoms with van der Waals surface area (Å²) in [5.41, 5.74) is 0.505. The van der Waals surface area contributed by atoms with Crippen LogP contribution in [0.1, 0.15) is 10.4 Å². The molecular formula is C15H12BrClO3. The molecule has 0 saturated carbocycles. The predicted molar refractivity (Wildman–Crippen MR) is 82.0 cm³/mol. The van der Waals surface area contributed by atoms with Crippen LogP contribution in [0.25, 0.3) is 0 Å². The molecule has 0 amide bonds. The van der Waals surface area contributed by atoms with Crippen LogP contribution in [0.15, 0.2) is 46.9 Å². The highest BCUT2D eigenvalue weighted by Crippen LogP contribution is 2.21. The molecule has 0 fully saturated rings. The van der Waals surface area contributed by atoms with E-state index in [0.29, 0.717) is 29.5 Å². The first-order chi connectivity index (χ1) is 9.69. The van der Waals surface area contributed by atoms with Gasteiger partial charge < -0.3 is 9.47 Å². The van der Waals surface area contributed by atoms with Crippen molar-refractivity contribution in [3.63, 3.8) is 0 Å². The number of hydrogen-bond donors (Lipinski definition) is 0. The second-order valence-electron chi connectivity index (χ2n) is 3.95. The van der Waals surface area contributed by atoms with Crippen molar-refractivity contribution in [1.29, 1.82) is 0 Å². The minimum Gasteiger partial charge on any atom is -0.490 e. The number of hydrogen-bond acceptors (Lipinski definition) is 3. The van der Waals surface area contributed by atoms with E-state index in [1.54, 1.807) is 36.4 Å². The van der Waals surface area contributed by atoms with Gasteiger partial charge in [0.05, 0.1) is 5.56 Å². The zero-order valence-electron chi connectivity index (χ0n) is 10.5. The molecule has 5 heteroatoms. The van der Waals surface area contributed by atoms with E-state index in [2.05, 4.69) is 15.9 Å². The maximum atomic E-state index is 10.9. The average Bonchev–Trinajstić information content (AvgIpc) is 2.46. The van der Waals surface area contributed by atoms with Crippen molar-refractivity contribution < 1.29 is 14.3 Å². The monoisotopic (exact) mass is 354 g/mol. The van der Waals surface area contributed by atoms with E-state index < -0.39 is 0 Å². The van der Waals surface area contributed by atoms with Crippen molar-refractivity contribution in [2.45, 2.75) is 0 Å². The third-order valence-corrected chi connectivity index (χ3v) is 3.27. The van der Waals surface area contributed by atoms with Crippen molar-refractivity contribution in [3.05, 3.63) is 57.5 Å². The molecule has 0 unspecified atom stereocenters. The Bertz CT molecular complexity index is 584. The van der Waals surface area contributed by atoms with Gasteiger partial charge in [-0.2, -0.15) is 0 Å². The number of halogens is 2. The molecule has 2 rings (SSSR count). The zero-order chi connectivity index (χ0) is 14.4. The van der Waals surface area contributed by atoms with E-state index in [9.17, 15) is 4.79 Å². The number of carbonyl (C=O) groups excluding carboxylic acids is 1. The minimum absolute atomic E-state index is 0.352. The highest BCUT2D eigenvalue weighted by atomic mass is 79.9. The van der Waals surface area contributed by atoms with Gasteiger partial charge in [0, 0.05) is 9.50 Å². The summed E-state index contributed by atoms with van der Waals surface area (Å²) in [6, 6.07) is 12.4. The Hall–Kier alpha value is -1.52. The highest BCUT2D eigenvalue weighted by Gasteiger charge is 2.03. The first-order valence-electron chi connectivity index (χ1n) is 5.95. The lowest BCUT2D eigenvalue weighted by Gasteiger charge is -2.10. The summed E-state index contributed by atoms with van der Waals surface area (Å²) in [5, 5.41) is 0.666. The van der Waals surface area contributed by atoms with E-state index >= 15 is 0 Å². The fourth-order valence-corrected chi connectivity index (χ4v) is 2.09. The third-order valence-electron chi connectivity index (χ3n) is 2.52. The molecule has 0 aliphatic carbocycles. The van der Waals surface area contributed by atoms with Gasteiger partial charge >= 0.3 is 0 Å². The number of rotatable bonds is 6. The summed E-state index contributed by atoms with van der Waals surface area (Å²) >= 11 is 9.09. The van der Waals surface area contributed by atoms with Gasteiger partial charge in [0.15, 0.2) is 6.29 Å². The summed E-state index contributed by atoms with van der Waals surface area (Å²) < 4.78 is 11.9. The molecule has 0 atom stereocenters. The van der Waals surface area contributed by atoms with E-state index in [-0.39, 0.29) is 0 Å². The topological polar surface area (TPSA) is 35.5 Å². The molecule has 3 nitrogen and oxygen atoms in total. The second-order valence-corrected chi connectivity index (χ2v) is 5.30. The van der Waals surface area contributed by atoms with Crippen LogP contribution in [0.4, 0.5) is 0 Å². The maximum absolute atomic E-state index is 10.9. The molecule has 0 aromatic heterocycles. The quantitative estimate of drug-likeness (QED) is 0.570. The first kappa shape index (κ1) is 14.9. The van der Waals surface area contributed by atoms with Gasteiger partial charge in [-0.05, 0) is 42.5 Å². The average molecular weight is 356 g/mol. The summed E-state index contributed by atoms with van der Waals surface area (Å²) in [5.74, 6) is 1.27. The molecule has 0 radical (unpaired) electrons. The predicted octanol–water partition coefficient (Wildman–Crippen LogP) is 4.37. The molecule has 20 heavy (non-hydrogen) atoms. The van der Waals surface area contributed by atoms with E-state index in [1.165, 1.54) is 0 Å². The van der Waals surface area contributed by atoms with Crippen LogP contribution < -0.4 is 9.47 Å².